The lowest BCUT2D eigenvalue weighted by Gasteiger charge is -2.05. The topological polar surface area (TPSA) is 84.7 Å². The van der Waals surface area contributed by atoms with Gasteiger partial charge in [0.1, 0.15) is 5.78 Å². The van der Waals surface area contributed by atoms with Gasteiger partial charge in [-0.05, 0) is 43.5 Å². The number of rotatable bonds is 6. The van der Waals surface area contributed by atoms with Gasteiger partial charge in [-0.3, -0.25) is 9.78 Å². The number of oxazole rings is 1. The van der Waals surface area contributed by atoms with E-state index >= 15 is 0 Å². The Kier molecular flexibility index (Phi) is 4.71. The summed E-state index contributed by atoms with van der Waals surface area (Å²) >= 11 is 6.43. The number of benzene rings is 1. The van der Waals surface area contributed by atoms with Crippen LogP contribution in [0.25, 0.3) is 34.3 Å². The molecule has 1 aliphatic rings. The van der Waals surface area contributed by atoms with E-state index in [-0.39, 0.29) is 11.7 Å². The third-order valence-electron chi connectivity index (χ3n) is 5.25. The van der Waals surface area contributed by atoms with Crippen LogP contribution in [0.15, 0.2) is 53.3 Å². The van der Waals surface area contributed by atoms with Gasteiger partial charge < -0.3 is 9.40 Å². The summed E-state index contributed by atoms with van der Waals surface area (Å²) in [5, 5.41) is 0.565. The molecule has 0 radical (unpaired) electrons. The first-order chi connectivity index (χ1) is 14.6. The summed E-state index contributed by atoms with van der Waals surface area (Å²) < 4.78 is 6.22. The van der Waals surface area contributed by atoms with Gasteiger partial charge in [0.2, 0.25) is 5.89 Å². The highest BCUT2D eigenvalue weighted by Crippen LogP contribution is 2.38. The van der Waals surface area contributed by atoms with Crippen molar-refractivity contribution in [3.05, 3.63) is 65.2 Å². The van der Waals surface area contributed by atoms with Gasteiger partial charge in [-0.2, -0.15) is 0 Å². The maximum absolute atomic E-state index is 12.2. The molecule has 1 saturated carbocycles. The van der Waals surface area contributed by atoms with Gasteiger partial charge in [0.25, 0.3) is 0 Å². The fourth-order valence-electron chi connectivity index (χ4n) is 3.44. The molecule has 4 aromatic rings. The van der Waals surface area contributed by atoms with Gasteiger partial charge in [-0.25, -0.2) is 9.97 Å². The molecule has 5 rings (SSSR count). The van der Waals surface area contributed by atoms with Crippen LogP contribution in [-0.4, -0.2) is 25.7 Å². The second kappa shape index (κ2) is 7.54. The first-order valence-corrected chi connectivity index (χ1v) is 10.2. The lowest BCUT2D eigenvalue weighted by molar-refractivity contribution is -0.119. The molecule has 0 amide bonds. The fraction of sp³-hybridized carbons (Fsp3) is 0.217. The van der Waals surface area contributed by atoms with E-state index in [2.05, 4.69) is 15.0 Å². The highest BCUT2D eigenvalue weighted by atomic mass is 35.5. The number of hydrogen-bond donors (Lipinski definition) is 1. The third-order valence-corrected chi connectivity index (χ3v) is 5.58. The van der Waals surface area contributed by atoms with E-state index in [9.17, 15) is 4.79 Å². The summed E-state index contributed by atoms with van der Waals surface area (Å²) in [6, 6.07) is 9.35. The summed E-state index contributed by atoms with van der Waals surface area (Å²) in [4.78, 5) is 28.8. The predicted octanol–water partition coefficient (Wildman–Crippen LogP) is 5.28. The molecule has 150 valence electrons. The minimum atomic E-state index is 0.204. The molecule has 0 aliphatic heterocycles. The molecule has 3 heterocycles. The largest absolute Gasteiger partial charge is 0.435 e. The highest BCUT2D eigenvalue weighted by Gasteiger charge is 2.30. The average Bonchev–Trinajstić information content (AvgIpc) is 3.28. The van der Waals surface area contributed by atoms with Crippen molar-refractivity contribution in [1.82, 2.24) is 19.9 Å². The number of hydrogen-bond acceptors (Lipinski definition) is 5. The van der Waals surface area contributed by atoms with Crippen molar-refractivity contribution in [1.29, 1.82) is 0 Å². The number of Topliss-reactive ketones (excluding diaryl/α,β-unsaturated/α-hetero) is 1. The molecule has 1 aromatic carbocycles. The van der Waals surface area contributed by atoms with Gasteiger partial charge >= 0.3 is 0 Å². The highest BCUT2D eigenvalue weighted by molar-refractivity contribution is 6.33. The van der Waals surface area contributed by atoms with Crippen molar-refractivity contribution in [2.45, 2.75) is 26.2 Å². The quantitative estimate of drug-likeness (QED) is 0.460. The summed E-state index contributed by atoms with van der Waals surface area (Å²) in [5.74, 6) is 2.03. The van der Waals surface area contributed by atoms with Crippen LogP contribution in [0.1, 0.15) is 24.1 Å². The number of pyridine rings is 1. The van der Waals surface area contributed by atoms with E-state index in [1.165, 1.54) is 0 Å². The lowest BCUT2D eigenvalue weighted by Crippen LogP contribution is -2.06. The smallest absolute Gasteiger partial charge is 0.227 e. The van der Waals surface area contributed by atoms with Crippen LogP contribution in [0.4, 0.5) is 0 Å². The zero-order chi connectivity index (χ0) is 20.7. The van der Waals surface area contributed by atoms with E-state index < -0.39 is 0 Å². The van der Waals surface area contributed by atoms with Crippen LogP contribution in [0.3, 0.4) is 0 Å². The molecular formula is C23H19ClN4O2. The summed E-state index contributed by atoms with van der Waals surface area (Å²) in [5.41, 5.74) is 3.75. The van der Waals surface area contributed by atoms with Crippen molar-refractivity contribution in [2.24, 2.45) is 5.92 Å². The number of carbonyl (C=O) groups excluding carboxylic acids is 1. The van der Waals surface area contributed by atoms with Crippen molar-refractivity contribution in [2.75, 3.05) is 0 Å². The molecule has 30 heavy (non-hydrogen) atoms. The SMILES string of the molecule is Cc1cnc(CC(=O)C2CC2)cc1-c1nc(-c2ncc[nH]2)c(-c2ccccc2Cl)o1. The van der Waals surface area contributed by atoms with Crippen molar-refractivity contribution >= 4 is 17.4 Å². The van der Waals surface area contributed by atoms with E-state index in [0.717, 1.165) is 35.2 Å². The predicted molar refractivity (Wildman–Crippen MR) is 114 cm³/mol. The minimum absolute atomic E-state index is 0.204. The van der Waals surface area contributed by atoms with Crippen LogP contribution in [0.5, 0.6) is 0 Å². The maximum Gasteiger partial charge on any atom is 0.227 e. The molecule has 1 fully saturated rings. The molecule has 6 nitrogen and oxygen atoms in total. The number of H-pyrrole nitrogens is 1. The first-order valence-electron chi connectivity index (χ1n) is 9.84. The minimum Gasteiger partial charge on any atom is -0.435 e. The molecule has 0 unspecified atom stereocenters. The maximum atomic E-state index is 12.2. The Morgan fingerprint density at radius 3 is 2.80 bits per heavy atom. The van der Waals surface area contributed by atoms with Crippen LogP contribution in [0, 0.1) is 12.8 Å². The zero-order valence-electron chi connectivity index (χ0n) is 16.4. The molecule has 3 aromatic heterocycles. The second-order valence-electron chi connectivity index (χ2n) is 7.52. The zero-order valence-corrected chi connectivity index (χ0v) is 17.1. The number of ketones is 1. The van der Waals surface area contributed by atoms with E-state index in [4.69, 9.17) is 21.0 Å². The van der Waals surface area contributed by atoms with Gasteiger partial charge in [0.15, 0.2) is 17.3 Å². The monoisotopic (exact) mass is 418 g/mol. The van der Waals surface area contributed by atoms with Gasteiger partial charge in [0.05, 0.1) is 5.02 Å². The number of aromatic nitrogens is 4. The Hall–Kier alpha value is -3.25. The Labute approximate surface area is 178 Å². The van der Waals surface area contributed by atoms with Crippen LogP contribution < -0.4 is 0 Å². The normalized spacial score (nSPS) is 13.5. The second-order valence-corrected chi connectivity index (χ2v) is 7.93. The average molecular weight is 419 g/mol. The van der Waals surface area contributed by atoms with Crippen LogP contribution >= 0.6 is 11.6 Å². The van der Waals surface area contributed by atoms with E-state index in [1.807, 2.05) is 37.3 Å². The van der Waals surface area contributed by atoms with Crippen molar-refractivity contribution < 1.29 is 9.21 Å². The molecule has 7 heteroatoms. The number of aromatic amines is 1. The summed E-state index contributed by atoms with van der Waals surface area (Å²) in [7, 11) is 0. The molecule has 0 spiro atoms. The number of nitrogens with one attached hydrogen (secondary N) is 1. The van der Waals surface area contributed by atoms with Gasteiger partial charge in [0, 0.05) is 47.8 Å². The van der Waals surface area contributed by atoms with Crippen molar-refractivity contribution in [3.8, 4) is 34.3 Å². The number of aryl methyl sites for hydroxylation is 1. The summed E-state index contributed by atoms with van der Waals surface area (Å²) in [6.07, 6.45) is 7.48. The Morgan fingerprint density at radius 2 is 2.07 bits per heavy atom. The van der Waals surface area contributed by atoms with Gasteiger partial charge in [-0.1, -0.05) is 23.7 Å². The molecular weight excluding hydrogens is 400 g/mol. The lowest BCUT2D eigenvalue weighted by atomic mass is 10.1. The molecule has 1 N–H and O–H groups in total. The van der Waals surface area contributed by atoms with Crippen LogP contribution in [0.2, 0.25) is 5.02 Å². The Morgan fingerprint density at radius 1 is 1.23 bits per heavy atom. The molecule has 0 bridgehead atoms. The first kappa shape index (κ1) is 18.8. The Balaban J connectivity index is 1.61. The van der Waals surface area contributed by atoms with E-state index in [1.54, 1.807) is 18.6 Å². The standard InChI is InChI=1S/C23H19ClN4O2/c1-13-12-27-15(11-19(29)14-6-7-14)10-17(13)23-28-20(22-25-8-9-26-22)21(30-23)16-4-2-3-5-18(16)24/h2-5,8-10,12,14H,6-7,11H2,1H3,(H,25,26). The fourth-order valence-corrected chi connectivity index (χ4v) is 3.66. The number of carbonyl (C=O) groups is 1. The van der Waals surface area contributed by atoms with Crippen molar-refractivity contribution in [3.63, 3.8) is 0 Å². The molecule has 0 atom stereocenters. The van der Waals surface area contributed by atoms with Crippen LogP contribution in [-0.2, 0) is 11.2 Å². The number of imidazole rings is 1. The van der Waals surface area contributed by atoms with E-state index in [0.29, 0.717) is 34.6 Å². The molecule has 0 saturated heterocycles. The summed E-state index contributed by atoms with van der Waals surface area (Å²) in [6.45, 7) is 1.95. The number of nitrogens with zero attached hydrogens (tertiary/aromatic N) is 3. The number of halogens is 1. The Bertz CT molecular complexity index is 1230. The van der Waals surface area contributed by atoms with Gasteiger partial charge in [-0.15, -0.1) is 0 Å². The third kappa shape index (κ3) is 3.55. The molecule has 1 aliphatic carbocycles.